The number of ketones is 1. The van der Waals surface area contributed by atoms with Gasteiger partial charge < -0.3 is 20.7 Å². The summed E-state index contributed by atoms with van der Waals surface area (Å²) in [5.41, 5.74) is 6.92. The fraction of sp³-hybridized carbons (Fsp3) is 0.200. The van der Waals surface area contributed by atoms with E-state index in [9.17, 15) is 9.18 Å². The molecule has 1 aromatic heterocycles. The zero-order valence-electron chi connectivity index (χ0n) is 15.6. The number of nitrogen functional groups attached to an aromatic ring is 1. The van der Waals surface area contributed by atoms with Gasteiger partial charge in [0.15, 0.2) is 5.13 Å². The van der Waals surface area contributed by atoms with Crippen molar-refractivity contribution in [3.05, 3.63) is 64.8 Å². The molecule has 0 fully saturated rings. The van der Waals surface area contributed by atoms with Crippen LogP contribution in [0.25, 0.3) is 0 Å². The van der Waals surface area contributed by atoms with Crippen LogP contribution in [0.15, 0.2) is 48.5 Å². The Kier molecular flexibility index (Phi) is 6.23. The first-order valence-electron chi connectivity index (χ1n) is 8.63. The third kappa shape index (κ3) is 5.05. The summed E-state index contributed by atoms with van der Waals surface area (Å²) in [6.07, 6.45) is 0. The number of anilines is 3. The zero-order chi connectivity index (χ0) is 20.1. The summed E-state index contributed by atoms with van der Waals surface area (Å²) in [6, 6.07) is 12.9. The lowest BCUT2D eigenvalue weighted by atomic mass is 10.1. The summed E-state index contributed by atoms with van der Waals surface area (Å²) in [5, 5.41) is 3.61. The molecule has 0 saturated carbocycles. The fourth-order valence-electron chi connectivity index (χ4n) is 2.41. The van der Waals surface area contributed by atoms with E-state index in [1.54, 1.807) is 6.07 Å². The van der Waals surface area contributed by atoms with Crippen molar-refractivity contribution in [2.24, 2.45) is 0 Å². The number of hydrogen-bond donors (Lipinski definition) is 2. The van der Waals surface area contributed by atoms with Gasteiger partial charge in [0, 0.05) is 17.8 Å². The van der Waals surface area contributed by atoms with E-state index in [4.69, 9.17) is 10.5 Å². The molecular formula is C20H21FN4O2S. The molecule has 0 aliphatic rings. The summed E-state index contributed by atoms with van der Waals surface area (Å²) in [7, 11) is 3.98. The minimum atomic E-state index is -0.472. The second kappa shape index (κ2) is 8.81. The van der Waals surface area contributed by atoms with Gasteiger partial charge in [-0.15, -0.1) is 0 Å². The van der Waals surface area contributed by atoms with Crippen LogP contribution in [0.2, 0.25) is 0 Å². The van der Waals surface area contributed by atoms with Gasteiger partial charge in [0.05, 0.1) is 0 Å². The molecule has 8 heteroatoms. The number of likely N-dealkylation sites (N-methyl/N-ethyl adjacent to an activating group) is 1. The lowest BCUT2D eigenvalue weighted by molar-refractivity contribution is 0.104. The molecule has 2 aromatic carbocycles. The molecule has 0 aliphatic heterocycles. The van der Waals surface area contributed by atoms with Crippen LogP contribution >= 0.6 is 11.3 Å². The van der Waals surface area contributed by atoms with Gasteiger partial charge >= 0.3 is 0 Å². The number of hydrogen-bond acceptors (Lipinski definition) is 7. The average molecular weight is 400 g/mol. The van der Waals surface area contributed by atoms with Gasteiger partial charge in [-0.1, -0.05) is 23.5 Å². The molecule has 28 heavy (non-hydrogen) atoms. The number of rotatable bonds is 8. The molecule has 6 nitrogen and oxygen atoms in total. The second-order valence-corrected chi connectivity index (χ2v) is 7.37. The number of carbonyl (C=O) groups is 1. The van der Waals surface area contributed by atoms with Crippen molar-refractivity contribution >= 4 is 33.8 Å². The summed E-state index contributed by atoms with van der Waals surface area (Å²) >= 11 is 1.13. The van der Waals surface area contributed by atoms with Crippen molar-refractivity contribution < 1.29 is 13.9 Å². The highest BCUT2D eigenvalue weighted by molar-refractivity contribution is 7.18. The Morgan fingerprint density at radius 2 is 2.00 bits per heavy atom. The molecule has 146 valence electrons. The van der Waals surface area contributed by atoms with Crippen LogP contribution in [0.5, 0.6) is 5.75 Å². The van der Waals surface area contributed by atoms with E-state index in [1.807, 2.05) is 43.3 Å². The summed E-state index contributed by atoms with van der Waals surface area (Å²) < 4.78 is 19.0. The number of ether oxygens (including phenoxy) is 1. The Morgan fingerprint density at radius 1 is 1.25 bits per heavy atom. The molecule has 0 atom stereocenters. The first-order chi connectivity index (χ1) is 13.4. The molecule has 3 N–H and O–H groups in total. The van der Waals surface area contributed by atoms with Gasteiger partial charge in [-0.25, -0.2) is 9.37 Å². The van der Waals surface area contributed by atoms with Crippen LogP contribution in [0, 0.1) is 5.82 Å². The molecule has 0 spiro atoms. The molecule has 0 aliphatic carbocycles. The van der Waals surface area contributed by atoms with Gasteiger partial charge in [0.25, 0.3) is 0 Å². The molecular weight excluding hydrogens is 379 g/mol. The molecule has 3 aromatic rings. The number of benzene rings is 2. The van der Waals surface area contributed by atoms with Crippen molar-refractivity contribution in [3.63, 3.8) is 0 Å². The van der Waals surface area contributed by atoms with Crippen LogP contribution in [0.3, 0.4) is 0 Å². The largest absolute Gasteiger partial charge is 0.492 e. The predicted octanol–water partition coefficient (Wildman–Crippen LogP) is 3.78. The topological polar surface area (TPSA) is 80.5 Å². The Labute approximate surface area is 166 Å². The summed E-state index contributed by atoms with van der Waals surface area (Å²) in [4.78, 5) is 19.1. The van der Waals surface area contributed by atoms with E-state index in [0.29, 0.717) is 11.7 Å². The fourth-order valence-corrected chi connectivity index (χ4v) is 3.28. The highest BCUT2D eigenvalue weighted by Gasteiger charge is 2.18. The quantitative estimate of drug-likeness (QED) is 0.560. The molecule has 0 unspecified atom stereocenters. The van der Waals surface area contributed by atoms with Gasteiger partial charge in [-0.3, -0.25) is 4.79 Å². The SMILES string of the molecule is CN(C)CCOc1ccc(Nc2nc(N)c(C(=O)c3cccc(F)c3)s2)cc1. The van der Waals surface area contributed by atoms with E-state index in [1.165, 1.54) is 18.2 Å². The average Bonchev–Trinajstić information content (AvgIpc) is 3.02. The highest BCUT2D eigenvalue weighted by Crippen LogP contribution is 2.30. The predicted molar refractivity (Wildman–Crippen MR) is 110 cm³/mol. The van der Waals surface area contributed by atoms with Gasteiger partial charge in [0.2, 0.25) is 5.78 Å². The smallest absolute Gasteiger partial charge is 0.206 e. The first kappa shape index (κ1) is 19.8. The third-order valence-electron chi connectivity index (χ3n) is 3.86. The Balaban J connectivity index is 1.67. The molecule has 0 amide bonds. The van der Waals surface area contributed by atoms with E-state index < -0.39 is 5.82 Å². The molecule has 3 rings (SSSR count). The molecule has 1 heterocycles. The van der Waals surface area contributed by atoms with Crippen molar-refractivity contribution in [2.75, 3.05) is 38.3 Å². The normalized spacial score (nSPS) is 10.9. The van der Waals surface area contributed by atoms with E-state index in [0.717, 1.165) is 29.3 Å². The van der Waals surface area contributed by atoms with Crippen LogP contribution < -0.4 is 15.8 Å². The maximum absolute atomic E-state index is 13.4. The van der Waals surface area contributed by atoms with Crippen LogP contribution in [0.1, 0.15) is 15.2 Å². The minimum Gasteiger partial charge on any atom is -0.492 e. The minimum absolute atomic E-state index is 0.116. The Morgan fingerprint density at radius 3 is 2.68 bits per heavy atom. The van der Waals surface area contributed by atoms with Crippen LogP contribution in [-0.2, 0) is 0 Å². The van der Waals surface area contributed by atoms with Crippen molar-refractivity contribution in [2.45, 2.75) is 0 Å². The van der Waals surface area contributed by atoms with Gasteiger partial charge in [-0.05, 0) is 50.5 Å². The van der Waals surface area contributed by atoms with Crippen molar-refractivity contribution in [1.82, 2.24) is 9.88 Å². The van der Waals surface area contributed by atoms with Crippen LogP contribution in [0.4, 0.5) is 21.0 Å². The Hall–Kier alpha value is -2.97. The first-order valence-corrected chi connectivity index (χ1v) is 9.45. The van der Waals surface area contributed by atoms with E-state index >= 15 is 0 Å². The van der Waals surface area contributed by atoms with E-state index in [-0.39, 0.29) is 22.0 Å². The highest BCUT2D eigenvalue weighted by atomic mass is 32.1. The monoisotopic (exact) mass is 400 g/mol. The van der Waals surface area contributed by atoms with Gasteiger partial charge in [0.1, 0.15) is 28.9 Å². The summed E-state index contributed by atoms with van der Waals surface area (Å²) in [6.45, 7) is 1.44. The van der Waals surface area contributed by atoms with Gasteiger partial charge in [-0.2, -0.15) is 0 Å². The lowest BCUT2D eigenvalue weighted by Crippen LogP contribution is -2.19. The number of nitrogens with one attached hydrogen (secondary N) is 1. The third-order valence-corrected chi connectivity index (χ3v) is 4.84. The molecule has 0 saturated heterocycles. The number of nitrogens with two attached hydrogens (primary N) is 1. The summed E-state index contributed by atoms with van der Waals surface area (Å²) in [5.74, 6) is 0.0609. The van der Waals surface area contributed by atoms with Crippen LogP contribution in [-0.4, -0.2) is 42.9 Å². The van der Waals surface area contributed by atoms with Crippen molar-refractivity contribution in [1.29, 1.82) is 0 Å². The Bertz CT molecular complexity index is 957. The zero-order valence-corrected chi connectivity index (χ0v) is 16.4. The maximum atomic E-state index is 13.4. The number of carbonyl (C=O) groups excluding carboxylic acids is 1. The number of nitrogens with zero attached hydrogens (tertiary/aromatic N) is 2. The molecule has 0 bridgehead atoms. The standard InChI is InChI=1S/C20H21FN4O2S/c1-25(2)10-11-27-16-8-6-15(7-9-16)23-20-24-19(22)18(28-20)17(26)13-4-3-5-14(21)12-13/h3-9,12H,10-11,22H2,1-2H3,(H,23,24). The number of aromatic nitrogens is 1. The number of thiazole rings is 1. The van der Waals surface area contributed by atoms with E-state index in [2.05, 4.69) is 10.3 Å². The lowest BCUT2D eigenvalue weighted by Gasteiger charge is -2.11. The molecule has 0 radical (unpaired) electrons. The van der Waals surface area contributed by atoms with Crippen molar-refractivity contribution in [3.8, 4) is 5.75 Å². The maximum Gasteiger partial charge on any atom is 0.206 e. The number of halogens is 1. The second-order valence-electron chi connectivity index (χ2n) is 6.37.